The summed E-state index contributed by atoms with van der Waals surface area (Å²) >= 11 is 0. The number of nitrogens with zero attached hydrogens (tertiary/aromatic N) is 4. The maximum Gasteiger partial charge on any atom is 0.396 e. The molecular formula is C10H12F3N5. The van der Waals surface area contributed by atoms with Crippen LogP contribution in [0.4, 0.5) is 13.2 Å². The van der Waals surface area contributed by atoms with E-state index in [9.17, 15) is 13.2 Å². The fourth-order valence-corrected chi connectivity index (χ4v) is 1.52. The zero-order chi connectivity index (χ0) is 13.5. The highest BCUT2D eigenvalue weighted by Gasteiger charge is 2.31. The van der Waals surface area contributed by atoms with Crippen LogP contribution in [0.5, 0.6) is 0 Å². The Labute approximate surface area is 101 Å². The van der Waals surface area contributed by atoms with Crippen molar-refractivity contribution < 1.29 is 13.2 Å². The molecule has 0 spiro atoms. The minimum absolute atomic E-state index is 0.0727. The predicted octanol–water partition coefficient (Wildman–Crippen LogP) is 1.72. The van der Waals surface area contributed by atoms with E-state index in [0.717, 1.165) is 4.68 Å². The average Bonchev–Trinajstić information content (AvgIpc) is 2.65. The monoisotopic (exact) mass is 259 g/mol. The van der Waals surface area contributed by atoms with E-state index in [1.807, 2.05) is 13.8 Å². The van der Waals surface area contributed by atoms with E-state index in [1.165, 1.54) is 6.20 Å². The Morgan fingerprint density at radius 1 is 1.33 bits per heavy atom. The topological polar surface area (TPSA) is 69.6 Å². The summed E-state index contributed by atoms with van der Waals surface area (Å²) in [7, 11) is 0. The van der Waals surface area contributed by atoms with Crippen LogP contribution >= 0.6 is 0 Å². The summed E-state index contributed by atoms with van der Waals surface area (Å²) < 4.78 is 37.8. The predicted molar refractivity (Wildman–Crippen MR) is 58.4 cm³/mol. The maximum atomic E-state index is 12.3. The Balaban J connectivity index is 2.47. The third kappa shape index (κ3) is 2.36. The quantitative estimate of drug-likeness (QED) is 0.834. The third-order valence-corrected chi connectivity index (χ3v) is 2.40. The van der Waals surface area contributed by atoms with Gasteiger partial charge in [0.05, 0.1) is 6.20 Å². The molecule has 2 heterocycles. The number of hydrogen-bond acceptors (Lipinski definition) is 4. The molecule has 5 nitrogen and oxygen atoms in total. The van der Waals surface area contributed by atoms with Gasteiger partial charge in [-0.15, -0.1) is 0 Å². The Hall–Kier alpha value is -1.86. The molecule has 0 amide bonds. The second-order valence-corrected chi connectivity index (χ2v) is 4.28. The number of alkyl halides is 3. The molecule has 0 aromatic rings. The van der Waals surface area contributed by atoms with Crippen molar-refractivity contribution in [1.29, 1.82) is 0 Å². The van der Waals surface area contributed by atoms with Gasteiger partial charge >= 0.3 is 6.18 Å². The number of nitrogens with two attached hydrogens (primary N) is 1. The normalized spacial score (nSPS) is 12.6. The molecule has 0 radical (unpaired) electrons. The van der Waals surface area contributed by atoms with Gasteiger partial charge in [0.1, 0.15) is 23.8 Å². The number of aromatic nitrogens is 4. The molecule has 0 bridgehead atoms. The third-order valence-electron chi connectivity index (χ3n) is 2.40. The molecule has 0 aromatic carbocycles. The smallest absolute Gasteiger partial charge is 0.336 e. The lowest BCUT2D eigenvalue weighted by Crippen LogP contribution is -2.25. The molecule has 2 rings (SSSR count). The summed E-state index contributed by atoms with van der Waals surface area (Å²) in [6, 6.07) is 0. The van der Waals surface area contributed by atoms with Gasteiger partial charge in [0.2, 0.25) is 0 Å². The van der Waals surface area contributed by atoms with Gasteiger partial charge in [-0.25, -0.2) is 19.6 Å². The summed E-state index contributed by atoms with van der Waals surface area (Å²) in [4.78, 5) is 12.0. The zero-order valence-corrected chi connectivity index (χ0v) is 9.86. The second-order valence-electron chi connectivity index (χ2n) is 4.28. The Morgan fingerprint density at radius 3 is 2.56 bits per heavy atom. The van der Waals surface area contributed by atoms with E-state index >= 15 is 0 Å². The summed E-state index contributed by atoms with van der Waals surface area (Å²) in [5, 5.41) is 0. The molecule has 2 aliphatic heterocycles. The van der Waals surface area contributed by atoms with Crippen LogP contribution in [0.25, 0.3) is 11.5 Å². The minimum atomic E-state index is -4.36. The van der Waals surface area contributed by atoms with Crippen LogP contribution in [0, 0.1) is 0 Å². The van der Waals surface area contributed by atoms with Crippen molar-refractivity contribution in [3.8, 4) is 11.5 Å². The van der Waals surface area contributed by atoms with Crippen molar-refractivity contribution in [2.75, 3.05) is 5.84 Å². The molecule has 0 aliphatic carbocycles. The van der Waals surface area contributed by atoms with Gasteiger partial charge < -0.3 is 5.84 Å². The van der Waals surface area contributed by atoms with Gasteiger partial charge in [-0.3, -0.25) is 0 Å². The van der Waals surface area contributed by atoms with Crippen LogP contribution < -0.4 is 5.84 Å². The van der Waals surface area contributed by atoms with Crippen LogP contribution in [-0.2, 0) is 6.42 Å². The van der Waals surface area contributed by atoms with Crippen molar-refractivity contribution in [2.24, 2.45) is 0 Å². The maximum absolute atomic E-state index is 12.3. The highest BCUT2D eigenvalue weighted by molar-refractivity contribution is 5.51. The Morgan fingerprint density at radius 2 is 2.00 bits per heavy atom. The van der Waals surface area contributed by atoms with Gasteiger partial charge in [0.25, 0.3) is 0 Å². The van der Waals surface area contributed by atoms with E-state index in [1.54, 1.807) is 0 Å². The largest absolute Gasteiger partial charge is 0.396 e. The molecule has 0 saturated heterocycles. The average molecular weight is 259 g/mol. The SMILES string of the molecule is CC(C)c1nc2cnc(CC(F)(F)F)n(N)c-2n1. The number of nitrogen functional groups attached to an aromatic ring is 1. The summed E-state index contributed by atoms with van der Waals surface area (Å²) in [6.07, 6.45) is -4.29. The molecule has 2 N–H and O–H groups in total. The first-order chi connectivity index (χ1) is 8.28. The fourth-order valence-electron chi connectivity index (χ4n) is 1.52. The van der Waals surface area contributed by atoms with Gasteiger partial charge in [0, 0.05) is 5.92 Å². The van der Waals surface area contributed by atoms with Crippen LogP contribution in [0.3, 0.4) is 0 Å². The minimum Gasteiger partial charge on any atom is -0.336 e. The van der Waals surface area contributed by atoms with Crippen LogP contribution in [-0.4, -0.2) is 25.8 Å². The van der Waals surface area contributed by atoms with Crippen LogP contribution in [0.2, 0.25) is 0 Å². The standard InChI is InChI=1S/C10H12F3N5/c1-5(2)8-16-6-4-15-7(3-10(11,12)13)18(14)9(6)17-8/h4-5H,3,14H2,1-2H3. The highest BCUT2D eigenvalue weighted by atomic mass is 19.4. The van der Waals surface area contributed by atoms with E-state index in [0.29, 0.717) is 11.5 Å². The number of rotatable bonds is 2. The highest BCUT2D eigenvalue weighted by Crippen LogP contribution is 2.24. The summed E-state index contributed by atoms with van der Waals surface area (Å²) in [6.45, 7) is 3.78. The molecule has 8 heteroatoms. The van der Waals surface area contributed by atoms with Crippen LogP contribution in [0.15, 0.2) is 6.20 Å². The lowest BCUT2D eigenvalue weighted by Gasteiger charge is -2.12. The number of halogens is 3. The fraction of sp³-hybridized carbons (Fsp3) is 0.500. The van der Waals surface area contributed by atoms with Crippen LogP contribution in [0.1, 0.15) is 31.4 Å². The summed E-state index contributed by atoms with van der Waals surface area (Å²) in [5.74, 6) is 6.13. The van der Waals surface area contributed by atoms with E-state index < -0.39 is 12.6 Å². The first-order valence-corrected chi connectivity index (χ1v) is 5.34. The van der Waals surface area contributed by atoms with Gasteiger partial charge in [-0.1, -0.05) is 13.8 Å². The van der Waals surface area contributed by atoms with Crippen molar-refractivity contribution in [3.05, 3.63) is 17.8 Å². The molecular weight excluding hydrogens is 247 g/mol. The van der Waals surface area contributed by atoms with E-state index in [2.05, 4.69) is 15.0 Å². The molecule has 0 saturated carbocycles. The molecule has 0 unspecified atom stereocenters. The van der Waals surface area contributed by atoms with E-state index in [-0.39, 0.29) is 17.6 Å². The molecule has 0 aromatic heterocycles. The van der Waals surface area contributed by atoms with Gasteiger partial charge in [0.15, 0.2) is 5.82 Å². The molecule has 0 fully saturated rings. The molecule has 18 heavy (non-hydrogen) atoms. The van der Waals surface area contributed by atoms with Gasteiger partial charge in [-0.05, 0) is 0 Å². The van der Waals surface area contributed by atoms with Crippen molar-refractivity contribution in [1.82, 2.24) is 19.6 Å². The summed E-state index contributed by atoms with van der Waals surface area (Å²) in [5.41, 5.74) is 0.395. The van der Waals surface area contributed by atoms with Crippen molar-refractivity contribution in [2.45, 2.75) is 32.4 Å². The lowest BCUT2D eigenvalue weighted by atomic mass is 10.2. The Kier molecular flexibility index (Phi) is 2.88. The van der Waals surface area contributed by atoms with Crippen molar-refractivity contribution in [3.63, 3.8) is 0 Å². The van der Waals surface area contributed by atoms with Crippen molar-refractivity contribution >= 4 is 0 Å². The molecule has 2 aliphatic rings. The second kappa shape index (κ2) is 4.11. The number of imidazole rings is 1. The molecule has 98 valence electrons. The Bertz CT molecular complexity index is 531. The first-order valence-electron chi connectivity index (χ1n) is 5.34. The lowest BCUT2D eigenvalue weighted by molar-refractivity contribution is -0.128. The molecule has 0 atom stereocenters. The zero-order valence-electron chi connectivity index (χ0n) is 9.86. The number of hydrogen-bond donors (Lipinski definition) is 1. The number of fused-ring (bicyclic) bond motifs is 1. The van der Waals surface area contributed by atoms with E-state index in [4.69, 9.17) is 5.84 Å². The van der Waals surface area contributed by atoms with Gasteiger partial charge in [-0.2, -0.15) is 13.2 Å². The first kappa shape index (κ1) is 12.6.